The van der Waals surface area contributed by atoms with Crippen LogP contribution in [0.5, 0.6) is 0 Å². The van der Waals surface area contributed by atoms with Crippen LogP contribution in [0.25, 0.3) is 11.0 Å². The number of aromatic amines is 1. The summed E-state index contributed by atoms with van der Waals surface area (Å²) in [6, 6.07) is 4.15. The van der Waals surface area contributed by atoms with Crippen LogP contribution in [-0.2, 0) is 17.9 Å². The second kappa shape index (κ2) is 6.27. The lowest BCUT2D eigenvalue weighted by atomic mass is 10.0. The van der Waals surface area contributed by atoms with E-state index in [4.69, 9.17) is 0 Å². The number of carbonyl (C=O) groups is 1. The predicted molar refractivity (Wildman–Crippen MR) is 91.8 cm³/mol. The number of hydrogen-bond donors (Lipinski definition) is 2. The zero-order valence-corrected chi connectivity index (χ0v) is 14.4. The van der Waals surface area contributed by atoms with Crippen LogP contribution in [0, 0.1) is 13.8 Å². The van der Waals surface area contributed by atoms with E-state index in [9.17, 15) is 4.79 Å². The van der Waals surface area contributed by atoms with Crippen LogP contribution in [0.1, 0.15) is 48.0 Å². The van der Waals surface area contributed by atoms with Gasteiger partial charge in [-0.2, -0.15) is 0 Å². The summed E-state index contributed by atoms with van der Waals surface area (Å²) in [5.74, 6) is 1.06. The number of fused-ring (bicyclic) bond motifs is 2. The molecule has 0 bridgehead atoms. The Balaban J connectivity index is 1.49. The molecule has 1 aromatic carbocycles. The fraction of sp³-hybridized carbons (Fsp3) is 0.471. The molecule has 0 unspecified atom stereocenters. The van der Waals surface area contributed by atoms with Crippen LogP contribution >= 0.6 is 0 Å². The zero-order chi connectivity index (χ0) is 17.4. The fourth-order valence-corrected chi connectivity index (χ4v) is 3.31. The van der Waals surface area contributed by atoms with Gasteiger partial charge in [-0.1, -0.05) is 6.42 Å². The summed E-state index contributed by atoms with van der Waals surface area (Å²) in [7, 11) is 0. The molecular formula is C17H21N7O. The summed E-state index contributed by atoms with van der Waals surface area (Å²) >= 11 is 0. The zero-order valence-electron chi connectivity index (χ0n) is 14.4. The number of amides is 1. The summed E-state index contributed by atoms with van der Waals surface area (Å²) in [4.78, 5) is 20.5. The lowest BCUT2D eigenvalue weighted by Crippen LogP contribution is -2.30. The Morgan fingerprint density at radius 1 is 1.32 bits per heavy atom. The van der Waals surface area contributed by atoms with Gasteiger partial charge in [-0.05, 0) is 60.4 Å². The number of aryl methyl sites for hydroxylation is 3. The average Bonchev–Trinajstić information content (AvgIpc) is 3.15. The molecule has 8 heteroatoms. The van der Waals surface area contributed by atoms with Gasteiger partial charge in [0, 0.05) is 6.54 Å². The van der Waals surface area contributed by atoms with Crippen molar-refractivity contribution in [3.8, 4) is 0 Å². The summed E-state index contributed by atoms with van der Waals surface area (Å²) in [6.45, 7) is 5.28. The summed E-state index contributed by atoms with van der Waals surface area (Å²) in [5, 5.41) is 14.7. The van der Waals surface area contributed by atoms with E-state index in [1.54, 1.807) is 4.68 Å². The summed E-state index contributed by atoms with van der Waals surface area (Å²) < 4.78 is 1.74. The number of nitrogens with one attached hydrogen (secondary N) is 2. The molecule has 0 saturated carbocycles. The minimum absolute atomic E-state index is 0.0502. The van der Waals surface area contributed by atoms with Crippen LogP contribution in [0.2, 0.25) is 0 Å². The SMILES string of the molecule is Cc1cc2nc(CNC(=O)[C@@H]3CCCCn4nnnc43)[nH]c2cc1C. The molecule has 130 valence electrons. The second-order valence-electron chi connectivity index (χ2n) is 6.66. The minimum Gasteiger partial charge on any atom is -0.348 e. The quantitative estimate of drug-likeness (QED) is 0.757. The largest absolute Gasteiger partial charge is 0.348 e. The molecule has 2 N–H and O–H groups in total. The molecule has 8 nitrogen and oxygen atoms in total. The van der Waals surface area contributed by atoms with Crippen molar-refractivity contribution >= 4 is 16.9 Å². The van der Waals surface area contributed by atoms with Crippen molar-refractivity contribution in [2.75, 3.05) is 0 Å². The first-order chi connectivity index (χ1) is 12.1. The third-order valence-electron chi connectivity index (χ3n) is 4.88. The van der Waals surface area contributed by atoms with Crippen molar-refractivity contribution in [3.05, 3.63) is 34.9 Å². The predicted octanol–water partition coefficient (Wildman–Crippen LogP) is 1.75. The first kappa shape index (κ1) is 15.7. The van der Waals surface area contributed by atoms with E-state index in [-0.39, 0.29) is 11.8 Å². The first-order valence-electron chi connectivity index (χ1n) is 8.61. The molecule has 2 aromatic heterocycles. The number of benzene rings is 1. The smallest absolute Gasteiger partial charge is 0.231 e. The van der Waals surface area contributed by atoms with Crippen LogP contribution in [-0.4, -0.2) is 36.1 Å². The molecule has 1 atom stereocenters. The highest BCUT2D eigenvalue weighted by atomic mass is 16.1. The van der Waals surface area contributed by atoms with E-state index in [1.807, 2.05) is 0 Å². The van der Waals surface area contributed by atoms with Crippen molar-refractivity contribution in [2.45, 2.75) is 52.1 Å². The monoisotopic (exact) mass is 339 g/mol. The molecule has 0 radical (unpaired) electrons. The lowest BCUT2D eigenvalue weighted by molar-refractivity contribution is -0.123. The average molecular weight is 339 g/mol. The number of aromatic nitrogens is 6. The van der Waals surface area contributed by atoms with Crippen molar-refractivity contribution in [3.63, 3.8) is 0 Å². The number of H-pyrrole nitrogens is 1. The molecule has 0 aliphatic carbocycles. The molecule has 4 rings (SSSR count). The van der Waals surface area contributed by atoms with E-state index in [1.165, 1.54) is 11.1 Å². The summed E-state index contributed by atoms with van der Waals surface area (Å²) in [6.07, 6.45) is 2.74. The normalized spacial score (nSPS) is 17.3. The van der Waals surface area contributed by atoms with Crippen LogP contribution in [0.3, 0.4) is 0 Å². The van der Waals surface area contributed by atoms with E-state index >= 15 is 0 Å². The molecular weight excluding hydrogens is 318 g/mol. The molecule has 0 fully saturated rings. The highest BCUT2D eigenvalue weighted by molar-refractivity contribution is 5.83. The Morgan fingerprint density at radius 3 is 3.04 bits per heavy atom. The molecule has 25 heavy (non-hydrogen) atoms. The lowest BCUT2D eigenvalue weighted by Gasteiger charge is -2.12. The topological polar surface area (TPSA) is 101 Å². The van der Waals surface area contributed by atoms with Crippen LogP contribution < -0.4 is 5.32 Å². The summed E-state index contributed by atoms with van der Waals surface area (Å²) in [5.41, 5.74) is 4.34. The molecule has 3 heterocycles. The van der Waals surface area contributed by atoms with Gasteiger partial charge in [-0.25, -0.2) is 9.67 Å². The van der Waals surface area contributed by atoms with E-state index in [2.05, 4.69) is 56.8 Å². The van der Waals surface area contributed by atoms with Crippen molar-refractivity contribution in [2.24, 2.45) is 0 Å². The Labute approximate surface area is 145 Å². The van der Waals surface area contributed by atoms with Gasteiger partial charge in [0.25, 0.3) is 0 Å². The minimum atomic E-state index is -0.300. The van der Waals surface area contributed by atoms with E-state index < -0.39 is 0 Å². The van der Waals surface area contributed by atoms with Gasteiger partial charge in [-0.3, -0.25) is 4.79 Å². The molecule has 0 spiro atoms. The second-order valence-corrected chi connectivity index (χ2v) is 6.66. The van der Waals surface area contributed by atoms with E-state index in [0.29, 0.717) is 12.4 Å². The maximum absolute atomic E-state index is 12.6. The van der Waals surface area contributed by atoms with Crippen molar-refractivity contribution in [1.29, 1.82) is 0 Å². The third kappa shape index (κ3) is 2.99. The Hall–Kier alpha value is -2.77. The third-order valence-corrected chi connectivity index (χ3v) is 4.88. The number of nitrogens with zero attached hydrogens (tertiary/aromatic N) is 5. The molecule has 1 amide bonds. The van der Waals surface area contributed by atoms with Crippen molar-refractivity contribution in [1.82, 2.24) is 35.5 Å². The number of rotatable bonds is 3. The maximum Gasteiger partial charge on any atom is 0.231 e. The molecule has 3 aromatic rings. The number of tetrazole rings is 1. The van der Waals surface area contributed by atoms with Gasteiger partial charge < -0.3 is 10.3 Å². The molecule has 1 aliphatic heterocycles. The highest BCUT2D eigenvalue weighted by Gasteiger charge is 2.28. The maximum atomic E-state index is 12.6. The molecule has 1 aliphatic rings. The van der Waals surface area contributed by atoms with Gasteiger partial charge in [-0.15, -0.1) is 5.10 Å². The van der Waals surface area contributed by atoms with Crippen molar-refractivity contribution < 1.29 is 4.79 Å². The van der Waals surface area contributed by atoms with Gasteiger partial charge in [0.1, 0.15) is 5.82 Å². The first-order valence-corrected chi connectivity index (χ1v) is 8.61. The number of hydrogen-bond acceptors (Lipinski definition) is 5. The number of imidazole rings is 1. The highest BCUT2D eigenvalue weighted by Crippen LogP contribution is 2.24. The van der Waals surface area contributed by atoms with E-state index in [0.717, 1.165) is 42.7 Å². The number of carbonyl (C=O) groups excluding carboxylic acids is 1. The van der Waals surface area contributed by atoms with Gasteiger partial charge in [0.05, 0.1) is 23.5 Å². The van der Waals surface area contributed by atoms with Gasteiger partial charge in [0.15, 0.2) is 5.82 Å². The fourth-order valence-electron chi connectivity index (χ4n) is 3.31. The van der Waals surface area contributed by atoms with Crippen LogP contribution in [0.15, 0.2) is 12.1 Å². The Morgan fingerprint density at radius 2 is 2.16 bits per heavy atom. The van der Waals surface area contributed by atoms with Gasteiger partial charge >= 0.3 is 0 Å². The Kier molecular flexibility index (Phi) is 3.95. The standard InChI is InChI=1S/C17H21N7O/c1-10-7-13-14(8-11(10)2)20-15(19-13)9-18-17(25)12-5-3-4-6-24-16(12)21-22-23-24/h7-8,12H,3-6,9H2,1-2H3,(H,18,25)(H,19,20)/t12-/m1/s1. The molecule has 0 saturated heterocycles. The van der Waals surface area contributed by atoms with Gasteiger partial charge in [0.2, 0.25) is 5.91 Å². The van der Waals surface area contributed by atoms with Crippen LogP contribution in [0.4, 0.5) is 0 Å². The Bertz CT molecular complexity index is 887.